The molecule has 5 heteroatoms. The summed E-state index contributed by atoms with van der Waals surface area (Å²) < 4.78 is 0. The molecule has 15 heavy (non-hydrogen) atoms. The Labute approximate surface area is 88.8 Å². The molecule has 0 amide bonds. The summed E-state index contributed by atoms with van der Waals surface area (Å²) in [5.41, 5.74) is -0.324. The van der Waals surface area contributed by atoms with Crippen molar-refractivity contribution in [1.82, 2.24) is 4.98 Å². The number of carboxylic acid groups (broad SMARTS) is 1. The van der Waals surface area contributed by atoms with Crippen molar-refractivity contribution in [2.24, 2.45) is 0 Å². The van der Waals surface area contributed by atoms with Crippen molar-refractivity contribution in [3.63, 3.8) is 0 Å². The van der Waals surface area contributed by atoms with E-state index in [1.807, 2.05) is 11.4 Å². The van der Waals surface area contributed by atoms with Gasteiger partial charge in [0.25, 0.3) is 5.56 Å². The smallest absolute Gasteiger partial charge is 0.342 e. The van der Waals surface area contributed by atoms with Gasteiger partial charge in [-0.05, 0) is 17.5 Å². The molecule has 4 nitrogen and oxygen atoms in total. The Kier molecular flexibility index (Phi) is 2.39. The second-order valence-electron chi connectivity index (χ2n) is 2.88. The van der Waals surface area contributed by atoms with Gasteiger partial charge >= 0.3 is 5.97 Å². The van der Waals surface area contributed by atoms with Crippen LogP contribution in [0.25, 0.3) is 10.4 Å². The Balaban J connectivity index is 2.72. The van der Waals surface area contributed by atoms with E-state index in [0.29, 0.717) is 5.56 Å². The van der Waals surface area contributed by atoms with Gasteiger partial charge in [0, 0.05) is 16.6 Å². The fourth-order valence-corrected chi connectivity index (χ4v) is 2.09. The number of aromatic carboxylic acids is 1. The first-order valence-electron chi connectivity index (χ1n) is 4.19. The van der Waals surface area contributed by atoms with Crippen LogP contribution in [0.4, 0.5) is 0 Å². The van der Waals surface area contributed by atoms with E-state index >= 15 is 0 Å². The SMILES string of the molecule is O=C(O)c1c(-c2cccs2)cc[nH]c1=O. The fraction of sp³-hybridized carbons (Fsp3) is 0. The molecule has 2 aromatic heterocycles. The zero-order chi connectivity index (χ0) is 10.8. The van der Waals surface area contributed by atoms with Crippen molar-refractivity contribution in [2.45, 2.75) is 0 Å². The maximum Gasteiger partial charge on any atom is 0.342 e. The van der Waals surface area contributed by atoms with Crippen LogP contribution < -0.4 is 5.56 Å². The summed E-state index contributed by atoms with van der Waals surface area (Å²) in [7, 11) is 0. The van der Waals surface area contributed by atoms with Gasteiger partial charge in [-0.2, -0.15) is 0 Å². The highest BCUT2D eigenvalue weighted by Gasteiger charge is 2.15. The zero-order valence-corrected chi connectivity index (χ0v) is 8.38. The van der Waals surface area contributed by atoms with Crippen LogP contribution >= 0.6 is 11.3 Å². The van der Waals surface area contributed by atoms with Gasteiger partial charge in [0.05, 0.1) is 0 Å². The molecular weight excluding hydrogens is 214 g/mol. The maximum absolute atomic E-state index is 11.3. The Bertz CT molecular complexity index is 542. The lowest BCUT2D eigenvalue weighted by Crippen LogP contribution is -2.17. The van der Waals surface area contributed by atoms with Crippen LogP contribution in [0.2, 0.25) is 0 Å². The van der Waals surface area contributed by atoms with Crippen LogP contribution in [-0.2, 0) is 0 Å². The minimum atomic E-state index is -1.21. The topological polar surface area (TPSA) is 70.2 Å². The van der Waals surface area contributed by atoms with Gasteiger partial charge in [0.15, 0.2) is 0 Å². The number of nitrogens with one attached hydrogen (secondary N) is 1. The second kappa shape index (κ2) is 3.70. The third-order valence-electron chi connectivity index (χ3n) is 1.96. The molecule has 0 atom stereocenters. The van der Waals surface area contributed by atoms with Crippen LogP contribution in [0.15, 0.2) is 34.6 Å². The highest BCUT2D eigenvalue weighted by Crippen LogP contribution is 2.25. The first-order chi connectivity index (χ1) is 7.20. The van der Waals surface area contributed by atoms with Crippen LogP contribution in [-0.4, -0.2) is 16.1 Å². The zero-order valence-electron chi connectivity index (χ0n) is 7.56. The summed E-state index contributed by atoms with van der Waals surface area (Å²) in [5, 5.41) is 10.8. The lowest BCUT2D eigenvalue weighted by atomic mass is 10.1. The molecule has 0 saturated heterocycles. The molecule has 0 saturated carbocycles. The fourth-order valence-electron chi connectivity index (χ4n) is 1.33. The van der Waals surface area contributed by atoms with E-state index in [4.69, 9.17) is 5.11 Å². The number of hydrogen-bond donors (Lipinski definition) is 2. The van der Waals surface area contributed by atoms with Crippen molar-refractivity contribution < 1.29 is 9.90 Å². The summed E-state index contributed by atoms with van der Waals surface area (Å²) in [6, 6.07) is 5.19. The molecule has 0 radical (unpaired) electrons. The Morgan fingerprint density at radius 1 is 1.40 bits per heavy atom. The average Bonchev–Trinajstić information content (AvgIpc) is 2.69. The largest absolute Gasteiger partial charge is 0.477 e. The number of thiophene rings is 1. The first-order valence-corrected chi connectivity index (χ1v) is 5.07. The van der Waals surface area contributed by atoms with Gasteiger partial charge in [-0.15, -0.1) is 11.3 Å². The Hall–Kier alpha value is -1.88. The van der Waals surface area contributed by atoms with Crippen molar-refractivity contribution >= 4 is 17.3 Å². The van der Waals surface area contributed by atoms with Crippen molar-refractivity contribution in [3.8, 4) is 10.4 Å². The predicted octanol–water partition coefficient (Wildman–Crippen LogP) is 1.80. The standard InChI is InChI=1S/C10H7NO3S/c12-9-8(10(13)14)6(3-4-11-9)7-2-1-5-15-7/h1-5H,(H,11,12)(H,13,14). The van der Waals surface area contributed by atoms with E-state index in [2.05, 4.69) is 4.98 Å². The lowest BCUT2D eigenvalue weighted by molar-refractivity contribution is 0.0696. The summed E-state index contributed by atoms with van der Waals surface area (Å²) in [6.07, 6.45) is 1.45. The molecule has 0 aliphatic carbocycles. The molecule has 0 fully saturated rings. The molecule has 2 rings (SSSR count). The number of pyridine rings is 1. The summed E-state index contributed by atoms with van der Waals surface area (Å²) in [5.74, 6) is -1.21. The predicted molar refractivity (Wildman–Crippen MR) is 57.3 cm³/mol. The van der Waals surface area contributed by atoms with E-state index in [1.165, 1.54) is 17.5 Å². The van der Waals surface area contributed by atoms with E-state index in [1.54, 1.807) is 12.1 Å². The van der Waals surface area contributed by atoms with E-state index in [9.17, 15) is 9.59 Å². The number of carboxylic acids is 1. The highest BCUT2D eigenvalue weighted by atomic mass is 32.1. The molecule has 2 N–H and O–H groups in total. The number of hydrogen-bond acceptors (Lipinski definition) is 3. The average molecular weight is 221 g/mol. The number of aromatic nitrogens is 1. The van der Waals surface area contributed by atoms with Gasteiger partial charge < -0.3 is 10.1 Å². The Morgan fingerprint density at radius 3 is 2.80 bits per heavy atom. The molecule has 0 aliphatic heterocycles. The normalized spacial score (nSPS) is 10.1. The summed E-state index contributed by atoms with van der Waals surface area (Å²) in [6.45, 7) is 0. The van der Waals surface area contributed by atoms with Crippen molar-refractivity contribution in [1.29, 1.82) is 0 Å². The minimum absolute atomic E-state index is 0.208. The van der Waals surface area contributed by atoms with Crippen LogP contribution in [0.5, 0.6) is 0 Å². The number of rotatable bonds is 2. The van der Waals surface area contributed by atoms with Gasteiger partial charge in [0.1, 0.15) is 5.56 Å². The van der Waals surface area contributed by atoms with Gasteiger partial charge in [-0.3, -0.25) is 4.79 Å². The van der Waals surface area contributed by atoms with Crippen LogP contribution in [0.1, 0.15) is 10.4 Å². The molecule has 2 heterocycles. The van der Waals surface area contributed by atoms with Crippen LogP contribution in [0.3, 0.4) is 0 Å². The van der Waals surface area contributed by atoms with E-state index in [-0.39, 0.29) is 5.56 Å². The van der Waals surface area contributed by atoms with Crippen molar-refractivity contribution in [3.05, 3.63) is 45.7 Å². The molecule has 0 aliphatic rings. The molecule has 76 valence electrons. The third kappa shape index (κ3) is 1.69. The monoisotopic (exact) mass is 221 g/mol. The van der Waals surface area contributed by atoms with Crippen LogP contribution in [0, 0.1) is 0 Å². The second-order valence-corrected chi connectivity index (χ2v) is 3.83. The Morgan fingerprint density at radius 2 is 2.20 bits per heavy atom. The quantitative estimate of drug-likeness (QED) is 0.812. The molecule has 0 unspecified atom stereocenters. The third-order valence-corrected chi connectivity index (χ3v) is 2.86. The molecule has 2 aromatic rings. The number of aromatic amines is 1. The maximum atomic E-state index is 11.3. The van der Waals surface area contributed by atoms with Gasteiger partial charge in [-0.25, -0.2) is 4.79 Å². The number of H-pyrrole nitrogens is 1. The first kappa shape index (κ1) is 9.67. The minimum Gasteiger partial charge on any atom is -0.477 e. The van der Waals surface area contributed by atoms with E-state index < -0.39 is 11.5 Å². The molecule has 0 aromatic carbocycles. The van der Waals surface area contributed by atoms with Crippen molar-refractivity contribution in [2.75, 3.05) is 0 Å². The summed E-state index contributed by atoms with van der Waals surface area (Å²) >= 11 is 1.40. The molecule has 0 spiro atoms. The van der Waals surface area contributed by atoms with Gasteiger partial charge in [-0.1, -0.05) is 6.07 Å². The molecular formula is C10H7NO3S. The highest BCUT2D eigenvalue weighted by molar-refractivity contribution is 7.13. The van der Waals surface area contributed by atoms with E-state index in [0.717, 1.165) is 4.88 Å². The van der Waals surface area contributed by atoms with Gasteiger partial charge in [0.2, 0.25) is 0 Å². The number of carbonyl (C=O) groups is 1. The summed E-state index contributed by atoms with van der Waals surface area (Å²) in [4.78, 5) is 25.4. The lowest BCUT2D eigenvalue weighted by Gasteiger charge is -2.01. The molecule has 0 bridgehead atoms.